The Hall–Kier alpha value is -3.22. The fourth-order valence-corrected chi connectivity index (χ4v) is 4.58. The van der Waals surface area contributed by atoms with Gasteiger partial charge in [-0.3, -0.25) is 9.89 Å². The molecule has 0 amide bonds. The van der Waals surface area contributed by atoms with Crippen molar-refractivity contribution in [1.82, 2.24) is 23.7 Å². The molecule has 26 heavy (non-hydrogen) atoms. The number of para-hydroxylation sites is 1. The van der Waals surface area contributed by atoms with Crippen molar-refractivity contribution in [2.75, 3.05) is 0 Å². The number of H-pyrrole nitrogens is 2. The van der Waals surface area contributed by atoms with E-state index >= 15 is 0 Å². The van der Waals surface area contributed by atoms with Crippen LogP contribution in [0.3, 0.4) is 0 Å². The van der Waals surface area contributed by atoms with Crippen molar-refractivity contribution >= 4 is 35.4 Å². The maximum atomic E-state index is 12.1. The normalized spacial score (nSPS) is 10.6. The van der Waals surface area contributed by atoms with Gasteiger partial charge in [-0.2, -0.15) is 5.10 Å². The molecule has 0 radical (unpaired) electrons. The van der Waals surface area contributed by atoms with Crippen molar-refractivity contribution < 1.29 is 0 Å². The van der Waals surface area contributed by atoms with Gasteiger partial charge in [0.15, 0.2) is 5.65 Å². The number of benzene rings is 2. The van der Waals surface area contributed by atoms with E-state index in [-0.39, 0.29) is 25.9 Å². The topological polar surface area (TPSA) is 96.4 Å². The monoisotopic (exact) mass is 411 g/mol. The van der Waals surface area contributed by atoms with Crippen LogP contribution in [-0.2, 0) is 0 Å². The van der Waals surface area contributed by atoms with Gasteiger partial charge in [-0.05, 0) is 0 Å². The number of hydrogen-bond acceptors (Lipinski definition) is 4. The molecule has 0 aliphatic carbocycles. The van der Waals surface area contributed by atoms with Crippen molar-refractivity contribution in [3.8, 4) is 5.69 Å². The van der Waals surface area contributed by atoms with E-state index in [1.54, 1.807) is 0 Å². The van der Waals surface area contributed by atoms with Gasteiger partial charge in [-0.15, -0.1) is 0 Å². The van der Waals surface area contributed by atoms with Crippen LogP contribution in [0.4, 0.5) is 0 Å². The molecule has 7 nitrogen and oxygen atoms in total. The van der Waals surface area contributed by atoms with E-state index in [0.717, 1.165) is 11.1 Å². The van der Waals surface area contributed by atoms with E-state index in [2.05, 4.69) is 20.2 Å². The standard InChI is InChI=1S/C13H9NOSe.C5H4N4O/c15-13-11-8-4-5-9-12(11)16-14(13)10-6-2-1-3-7-10;10-5-3-1-8-9-4(3)6-2-7-5/h1-9H;1-2H,(H2,6,7,8,9,10). The third-order valence-electron chi connectivity index (χ3n) is 3.74. The van der Waals surface area contributed by atoms with Crippen molar-refractivity contribution in [3.05, 3.63) is 87.8 Å². The first-order valence-corrected chi connectivity index (χ1v) is 9.39. The van der Waals surface area contributed by atoms with E-state index in [1.807, 2.05) is 58.2 Å². The second-order valence-electron chi connectivity index (χ2n) is 5.39. The van der Waals surface area contributed by atoms with Crippen LogP contribution >= 0.6 is 0 Å². The third kappa shape index (κ3) is 3.03. The second kappa shape index (κ2) is 6.95. The molecule has 0 unspecified atom stereocenters. The predicted octanol–water partition coefficient (Wildman–Crippen LogP) is 1.69. The Kier molecular flexibility index (Phi) is 4.35. The predicted molar refractivity (Wildman–Crippen MR) is 101 cm³/mol. The number of nitrogens with zero attached hydrogens (tertiary/aromatic N) is 3. The van der Waals surface area contributed by atoms with Gasteiger partial charge < -0.3 is 4.98 Å². The number of nitrogens with one attached hydrogen (secondary N) is 2. The van der Waals surface area contributed by atoms with E-state index in [0.29, 0.717) is 11.0 Å². The van der Waals surface area contributed by atoms with E-state index in [1.165, 1.54) is 16.8 Å². The summed E-state index contributed by atoms with van der Waals surface area (Å²) in [6.45, 7) is 0. The first-order chi connectivity index (χ1) is 12.7. The average Bonchev–Trinajstić information content (AvgIpc) is 3.29. The van der Waals surface area contributed by atoms with Gasteiger partial charge in [-0.1, -0.05) is 0 Å². The van der Waals surface area contributed by atoms with Gasteiger partial charge in [-0.25, -0.2) is 4.98 Å². The van der Waals surface area contributed by atoms with Gasteiger partial charge in [0.05, 0.1) is 12.5 Å². The molecular weight excluding hydrogens is 397 g/mol. The van der Waals surface area contributed by atoms with Gasteiger partial charge >= 0.3 is 98.6 Å². The number of fused-ring (bicyclic) bond motifs is 2. The van der Waals surface area contributed by atoms with Crippen LogP contribution in [0.2, 0.25) is 0 Å². The SMILES string of the molecule is O=c1[nH]cnc2[nH]ncc12.O=c1c2ccccc2[se]n1-c1ccccc1. The van der Waals surface area contributed by atoms with Crippen molar-refractivity contribution in [3.63, 3.8) is 0 Å². The van der Waals surface area contributed by atoms with Crippen molar-refractivity contribution in [1.29, 1.82) is 0 Å². The van der Waals surface area contributed by atoms with Gasteiger partial charge in [0.2, 0.25) is 0 Å². The Balaban J connectivity index is 0.000000144. The molecule has 2 aromatic carbocycles. The Labute approximate surface area is 152 Å². The minimum atomic E-state index is -0.168. The fraction of sp³-hybridized carbons (Fsp3) is 0. The Morgan fingerprint density at radius 2 is 1.69 bits per heavy atom. The molecule has 8 heteroatoms. The summed E-state index contributed by atoms with van der Waals surface area (Å²) in [5.41, 5.74) is 1.47. The van der Waals surface area contributed by atoms with Crippen LogP contribution in [0.1, 0.15) is 0 Å². The summed E-state index contributed by atoms with van der Waals surface area (Å²) in [6, 6.07) is 17.7. The molecule has 3 heterocycles. The van der Waals surface area contributed by atoms with Crippen LogP contribution in [0, 0.1) is 0 Å². The summed E-state index contributed by atoms with van der Waals surface area (Å²) in [5.74, 6) is 0. The third-order valence-corrected chi connectivity index (χ3v) is 6.07. The van der Waals surface area contributed by atoms with Gasteiger partial charge in [0.25, 0.3) is 5.56 Å². The molecular formula is C18H13N5O2Se. The molecule has 0 spiro atoms. The minimum absolute atomic E-state index is 0.0784. The van der Waals surface area contributed by atoms with Crippen LogP contribution in [0.15, 0.2) is 76.7 Å². The molecule has 0 saturated heterocycles. The molecule has 0 atom stereocenters. The molecule has 3 aromatic heterocycles. The van der Waals surface area contributed by atoms with Gasteiger partial charge in [0.1, 0.15) is 5.39 Å². The summed E-state index contributed by atoms with van der Waals surface area (Å²) < 4.78 is 3.04. The fourth-order valence-electron chi connectivity index (χ4n) is 2.48. The van der Waals surface area contributed by atoms with Crippen molar-refractivity contribution in [2.24, 2.45) is 0 Å². The maximum absolute atomic E-state index is 12.1. The summed E-state index contributed by atoms with van der Waals surface area (Å²) in [4.78, 5) is 29.3. The summed E-state index contributed by atoms with van der Waals surface area (Å²) >= 11 is 0.0784. The zero-order valence-corrected chi connectivity index (χ0v) is 15.1. The molecule has 0 aliphatic rings. The first-order valence-electron chi connectivity index (χ1n) is 7.77. The Morgan fingerprint density at radius 1 is 0.923 bits per heavy atom. The average molecular weight is 410 g/mol. The molecule has 5 rings (SSSR count). The molecule has 0 bridgehead atoms. The molecule has 2 N–H and O–H groups in total. The van der Waals surface area contributed by atoms with Crippen LogP contribution < -0.4 is 11.1 Å². The zero-order valence-electron chi connectivity index (χ0n) is 13.4. The summed E-state index contributed by atoms with van der Waals surface area (Å²) in [6.07, 6.45) is 2.78. The number of aromatic nitrogens is 5. The van der Waals surface area contributed by atoms with E-state index in [9.17, 15) is 9.59 Å². The quantitative estimate of drug-likeness (QED) is 0.411. The van der Waals surface area contributed by atoms with Crippen molar-refractivity contribution in [2.45, 2.75) is 0 Å². The summed E-state index contributed by atoms with van der Waals surface area (Å²) in [7, 11) is 0. The Bertz CT molecular complexity index is 1280. The second-order valence-corrected chi connectivity index (χ2v) is 7.46. The number of aromatic amines is 2. The number of hydrogen-bond donors (Lipinski definition) is 2. The molecule has 5 aromatic rings. The molecule has 0 saturated carbocycles. The van der Waals surface area contributed by atoms with E-state index < -0.39 is 0 Å². The van der Waals surface area contributed by atoms with Crippen LogP contribution in [0.25, 0.3) is 26.4 Å². The Morgan fingerprint density at radius 3 is 2.46 bits per heavy atom. The van der Waals surface area contributed by atoms with E-state index in [4.69, 9.17) is 0 Å². The first kappa shape index (κ1) is 16.3. The zero-order chi connectivity index (χ0) is 17.9. The molecule has 0 fully saturated rings. The molecule has 0 aliphatic heterocycles. The van der Waals surface area contributed by atoms with Crippen LogP contribution in [-0.4, -0.2) is 38.5 Å². The summed E-state index contributed by atoms with van der Waals surface area (Å²) in [5, 5.41) is 7.58. The van der Waals surface area contributed by atoms with Gasteiger partial charge in [0, 0.05) is 0 Å². The van der Waals surface area contributed by atoms with Crippen LogP contribution in [0.5, 0.6) is 0 Å². The molecule has 128 valence electrons. The number of rotatable bonds is 1.